The number of nitrogens with one attached hydrogen (secondary N) is 1. The van der Waals surface area contributed by atoms with Gasteiger partial charge in [-0.2, -0.15) is 0 Å². The molecule has 2 atom stereocenters. The molecule has 1 aliphatic rings. The van der Waals surface area contributed by atoms with E-state index in [4.69, 9.17) is 17.3 Å². The maximum absolute atomic E-state index is 11.9. The van der Waals surface area contributed by atoms with Crippen LogP contribution in [0.15, 0.2) is 29.2 Å². The molecule has 0 aromatic heterocycles. The molecule has 2 unspecified atom stereocenters. The van der Waals surface area contributed by atoms with E-state index in [1.165, 1.54) is 6.42 Å². The molecule has 1 aromatic rings. The Balaban J connectivity index is 0.00000220. The maximum atomic E-state index is 11.9. The second-order valence-corrected chi connectivity index (χ2v) is 6.76. The zero-order chi connectivity index (χ0) is 14.4. The number of rotatable bonds is 6. The highest BCUT2D eigenvalue weighted by atomic mass is 35.5. The van der Waals surface area contributed by atoms with Crippen LogP contribution in [0.2, 0.25) is 5.02 Å². The molecule has 0 radical (unpaired) electrons. The summed E-state index contributed by atoms with van der Waals surface area (Å²) in [6.07, 6.45) is 3.92. The van der Waals surface area contributed by atoms with Gasteiger partial charge in [0.1, 0.15) is 0 Å². The Morgan fingerprint density at radius 2 is 2.05 bits per heavy atom. The summed E-state index contributed by atoms with van der Waals surface area (Å²) < 4.78 is 0. The van der Waals surface area contributed by atoms with Gasteiger partial charge in [0, 0.05) is 28.1 Å². The van der Waals surface area contributed by atoms with Crippen molar-refractivity contribution in [3.8, 4) is 0 Å². The minimum absolute atomic E-state index is 0. The first-order valence-corrected chi connectivity index (χ1v) is 8.43. The predicted molar refractivity (Wildman–Crippen MR) is 92.4 cm³/mol. The van der Waals surface area contributed by atoms with Crippen LogP contribution in [-0.4, -0.2) is 24.2 Å². The van der Waals surface area contributed by atoms with Crippen LogP contribution in [0.4, 0.5) is 0 Å². The van der Waals surface area contributed by atoms with Crippen LogP contribution in [-0.2, 0) is 4.79 Å². The van der Waals surface area contributed by atoms with Gasteiger partial charge in [0.25, 0.3) is 0 Å². The van der Waals surface area contributed by atoms with Crippen molar-refractivity contribution in [2.24, 2.45) is 11.7 Å². The Morgan fingerprint density at radius 1 is 1.33 bits per heavy atom. The molecule has 1 fully saturated rings. The Labute approximate surface area is 141 Å². The van der Waals surface area contributed by atoms with Crippen LogP contribution in [0.3, 0.4) is 0 Å². The first-order valence-electron chi connectivity index (χ1n) is 7.07. The van der Waals surface area contributed by atoms with Gasteiger partial charge >= 0.3 is 0 Å². The Kier molecular flexibility index (Phi) is 8.49. The molecule has 1 aliphatic carbocycles. The molecule has 0 spiro atoms. The summed E-state index contributed by atoms with van der Waals surface area (Å²) in [5, 5.41) is 3.86. The second kappa shape index (κ2) is 9.57. The number of amides is 1. The molecule has 0 bridgehead atoms. The van der Waals surface area contributed by atoms with Gasteiger partial charge in [-0.15, -0.1) is 24.2 Å². The molecule has 2 rings (SSSR count). The molecule has 21 heavy (non-hydrogen) atoms. The fourth-order valence-electron chi connectivity index (χ4n) is 2.58. The molecule has 118 valence electrons. The normalized spacial score (nSPS) is 20.9. The summed E-state index contributed by atoms with van der Waals surface area (Å²) in [7, 11) is 0. The summed E-state index contributed by atoms with van der Waals surface area (Å²) in [6, 6.07) is 7.98. The summed E-state index contributed by atoms with van der Waals surface area (Å²) in [5.74, 6) is 1.38. The van der Waals surface area contributed by atoms with Gasteiger partial charge in [0.15, 0.2) is 0 Å². The van der Waals surface area contributed by atoms with E-state index < -0.39 is 0 Å². The molecule has 0 heterocycles. The summed E-state index contributed by atoms with van der Waals surface area (Å²) in [5.41, 5.74) is 5.72. The van der Waals surface area contributed by atoms with E-state index in [9.17, 15) is 4.79 Å². The first kappa shape index (κ1) is 18.6. The van der Waals surface area contributed by atoms with E-state index in [1.54, 1.807) is 11.8 Å². The zero-order valence-electron chi connectivity index (χ0n) is 11.9. The van der Waals surface area contributed by atoms with Crippen molar-refractivity contribution in [1.29, 1.82) is 0 Å². The largest absolute Gasteiger partial charge is 0.353 e. The standard InChI is InChI=1S/C15H21ClN2OS.ClH/c16-12-4-6-13(7-5-12)20-9-8-15(19)18-14-3-1-2-11(14)10-17;/h4-7,11,14H,1-3,8-10,17H2,(H,18,19);1H. The lowest BCUT2D eigenvalue weighted by molar-refractivity contribution is -0.121. The number of thioether (sulfide) groups is 1. The topological polar surface area (TPSA) is 55.1 Å². The van der Waals surface area contributed by atoms with Gasteiger partial charge in [0.05, 0.1) is 0 Å². The Morgan fingerprint density at radius 3 is 2.71 bits per heavy atom. The lowest BCUT2D eigenvalue weighted by atomic mass is 10.0. The SMILES string of the molecule is Cl.NCC1CCCC1NC(=O)CCSc1ccc(Cl)cc1. The van der Waals surface area contributed by atoms with E-state index in [1.807, 2.05) is 24.3 Å². The van der Waals surface area contributed by atoms with E-state index in [-0.39, 0.29) is 24.4 Å². The molecule has 3 N–H and O–H groups in total. The lowest BCUT2D eigenvalue weighted by Crippen LogP contribution is -2.39. The van der Waals surface area contributed by atoms with Crippen LogP contribution in [0, 0.1) is 5.92 Å². The monoisotopic (exact) mass is 348 g/mol. The van der Waals surface area contributed by atoms with Crippen molar-refractivity contribution in [3.63, 3.8) is 0 Å². The maximum Gasteiger partial charge on any atom is 0.221 e. The Bertz CT molecular complexity index is 442. The molecule has 1 saturated carbocycles. The zero-order valence-corrected chi connectivity index (χ0v) is 14.3. The van der Waals surface area contributed by atoms with E-state index in [0.717, 1.165) is 28.5 Å². The smallest absolute Gasteiger partial charge is 0.221 e. The molecule has 6 heteroatoms. The van der Waals surface area contributed by atoms with Crippen LogP contribution in [0.5, 0.6) is 0 Å². The average molecular weight is 349 g/mol. The molecular formula is C15H22Cl2N2OS. The third kappa shape index (κ3) is 6.07. The van der Waals surface area contributed by atoms with Crippen molar-refractivity contribution in [2.75, 3.05) is 12.3 Å². The number of halogens is 2. The highest BCUT2D eigenvalue weighted by Gasteiger charge is 2.26. The second-order valence-electron chi connectivity index (χ2n) is 5.15. The van der Waals surface area contributed by atoms with E-state index in [0.29, 0.717) is 18.9 Å². The van der Waals surface area contributed by atoms with E-state index >= 15 is 0 Å². The van der Waals surface area contributed by atoms with Crippen LogP contribution < -0.4 is 11.1 Å². The van der Waals surface area contributed by atoms with Crippen LogP contribution >= 0.6 is 35.8 Å². The van der Waals surface area contributed by atoms with Gasteiger partial charge in [-0.05, 0) is 49.6 Å². The Hall–Kier alpha value is -0.420. The number of hydrogen-bond acceptors (Lipinski definition) is 3. The highest BCUT2D eigenvalue weighted by molar-refractivity contribution is 7.99. The summed E-state index contributed by atoms with van der Waals surface area (Å²) in [4.78, 5) is 13.1. The van der Waals surface area contributed by atoms with Crippen molar-refractivity contribution >= 4 is 41.7 Å². The minimum Gasteiger partial charge on any atom is -0.353 e. The van der Waals surface area contributed by atoms with Crippen molar-refractivity contribution in [2.45, 2.75) is 36.6 Å². The lowest BCUT2D eigenvalue weighted by Gasteiger charge is -2.19. The summed E-state index contributed by atoms with van der Waals surface area (Å²) in [6.45, 7) is 0.671. The number of hydrogen-bond donors (Lipinski definition) is 2. The fourth-order valence-corrected chi connectivity index (χ4v) is 3.56. The first-order chi connectivity index (χ1) is 9.69. The third-order valence-electron chi connectivity index (χ3n) is 3.72. The van der Waals surface area contributed by atoms with Gasteiger partial charge in [-0.25, -0.2) is 0 Å². The predicted octanol–water partition coefficient (Wildman–Crippen LogP) is 3.49. The quantitative estimate of drug-likeness (QED) is 0.773. The minimum atomic E-state index is 0. The highest BCUT2D eigenvalue weighted by Crippen LogP contribution is 2.25. The van der Waals surface area contributed by atoms with E-state index in [2.05, 4.69) is 5.32 Å². The van der Waals surface area contributed by atoms with Crippen LogP contribution in [0.25, 0.3) is 0 Å². The fraction of sp³-hybridized carbons (Fsp3) is 0.533. The van der Waals surface area contributed by atoms with Gasteiger partial charge in [0.2, 0.25) is 5.91 Å². The number of nitrogens with two attached hydrogens (primary N) is 1. The number of carbonyl (C=O) groups excluding carboxylic acids is 1. The number of benzene rings is 1. The van der Waals surface area contributed by atoms with Crippen molar-refractivity contribution < 1.29 is 4.79 Å². The summed E-state index contributed by atoms with van der Waals surface area (Å²) >= 11 is 7.51. The van der Waals surface area contributed by atoms with Crippen molar-refractivity contribution in [1.82, 2.24) is 5.32 Å². The molecule has 1 amide bonds. The number of carbonyl (C=O) groups is 1. The van der Waals surface area contributed by atoms with Gasteiger partial charge in [-0.1, -0.05) is 18.0 Å². The van der Waals surface area contributed by atoms with Crippen molar-refractivity contribution in [3.05, 3.63) is 29.3 Å². The molecular weight excluding hydrogens is 327 g/mol. The third-order valence-corrected chi connectivity index (χ3v) is 4.99. The van der Waals surface area contributed by atoms with Gasteiger partial charge in [-0.3, -0.25) is 4.79 Å². The van der Waals surface area contributed by atoms with Crippen LogP contribution in [0.1, 0.15) is 25.7 Å². The molecule has 0 saturated heterocycles. The molecule has 0 aliphatic heterocycles. The average Bonchev–Trinajstić information content (AvgIpc) is 2.88. The molecule has 3 nitrogen and oxygen atoms in total. The molecule has 1 aromatic carbocycles. The van der Waals surface area contributed by atoms with Gasteiger partial charge < -0.3 is 11.1 Å².